The van der Waals surface area contributed by atoms with Crippen molar-refractivity contribution in [1.82, 2.24) is 15.0 Å². The number of H-pyrrole nitrogens is 1. The molecule has 0 saturated carbocycles. The lowest BCUT2D eigenvalue weighted by Gasteiger charge is -1.94. The molecule has 8 aromatic rings. The van der Waals surface area contributed by atoms with E-state index in [2.05, 4.69) is 35.6 Å². The number of aromatic nitrogens is 3. The number of carbonyl (C=O) groups excluding carboxylic acids is 1. The number of nitrogens with two attached hydrogens (primary N) is 2. The molecule has 0 amide bonds. The third-order valence-electron chi connectivity index (χ3n) is 5.60. The smallest absolute Gasteiger partial charge is 0.350 e. The van der Waals surface area contributed by atoms with Gasteiger partial charge in [0.05, 0.1) is 57.3 Å². The summed E-state index contributed by atoms with van der Waals surface area (Å²) in [6.45, 7) is 0. The Kier molecular flexibility index (Phi) is 14.2. The van der Waals surface area contributed by atoms with Gasteiger partial charge in [0.25, 0.3) is 0 Å². The van der Waals surface area contributed by atoms with Crippen LogP contribution in [0.25, 0.3) is 30.6 Å². The van der Waals surface area contributed by atoms with Gasteiger partial charge in [0, 0.05) is 35.7 Å². The number of nitrogens with one attached hydrogen (secondary N) is 1. The van der Waals surface area contributed by atoms with Crippen LogP contribution in [-0.2, 0) is 4.74 Å². The fourth-order valence-corrected chi connectivity index (χ4v) is 8.29. The Morgan fingerprint density at radius 3 is 2.11 bits per heavy atom. The molecular weight excluding hydrogens is 802 g/mol. The number of esters is 1. The number of halogens is 3. The Morgan fingerprint density at radius 1 is 0.851 bits per heavy atom. The van der Waals surface area contributed by atoms with Crippen molar-refractivity contribution >= 4 is 144 Å². The van der Waals surface area contributed by atoms with E-state index < -0.39 is 0 Å². The molecule has 8 aromatic heterocycles. The van der Waals surface area contributed by atoms with E-state index in [9.17, 15) is 9.59 Å². The van der Waals surface area contributed by atoms with E-state index in [1.54, 1.807) is 82.2 Å². The molecule has 0 atom stereocenters. The molecule has 0 aliphatic carbocycles. The molecule has 0 unspecified atom stereocenters. The van der Waals surface area contributed by atoms with E-state index in [-0.39, 0.29) is 11.4 Å². The molecule has 8 heterocycles. The van der Waals surface area contributed by atoms with Gasteiger partial charge in [0.1, 0.15) is 4.88 Å². The second-order valence-electron chi connectivity index (χ2n) is 8.74. The molecule has 0 aliphatic rings. The molecule has 0 aromatic carbocycles. The van der Waals surface area contributed by atoms with Crippen molar-refractivity contribution in [2.45, 2.75) is 0 Å². The molecule has 8 rings (SSSR count). The Hall–Kier alpha value is -3.34. The normalized spacial score (nSPS) is 10.0. The predicted octanol–water partition coefficient (Wildman–Crippen LogP) is 10.7. The predicted molar refractivity (Wildman–Crippen MR) is 208 cm³/mol. The molecule has 0 aliphatic heterocycles. The number of pyridine rings is 3. The average Bonchev–Trinajstić information content (AvgIpc) is 3.90. The highest BCUT2D eigenvalue weighted by molar-refractivity contribution is 9.11. The van der Waals surface area contributed by atoms with E-state index in [4.69, 9.17) is 34.7 Å². The highest BCUT2D eigenvalue weighted by Crippen LogP contribution is 2.33. The van der Waals surface area contributed by atoms with Crippen molar-refractivity contribution in [2.24, 2.45) is 0 Å². The molecular formula is C31H24BrCl2N5O3S5. The van der Waals surface area contributed by atoms with Crippen LogP contribution < -0.4 is 16.9 Å². The molecule has 5 N–H and O–H groups in total. The van der Waals surface area contributed by atoms with E-state index in [0.29, 0.717) is 10.6 Å². The highest BCUT2D eigenvalue weighted by atomic mass is 79.9. The SMILES string of the molecule is COC(=O)c1sccc1N.Clc1ccnc2cc(Br)sc12.Clc1ccnc2ccsc12.Nc1ccsc1.O=c1cc[nH]c2ccsc12. The summed E-state index contributed by atoms with van der Waals surface area (Å²) in [5.74, 6) is -0.368. The van der Waals surface area contributed by atoms with Gasteiger partial charge < -0.3 is 21.2 Å². The maximum atomic E-state index is 11.0. The number of ether oxygens (including phenoxy) is 1. The van der Waals surface area contributed by atoms with E-state index in [1.807, 2.05) is 45.8 Å². The summed E-state index contributed by atoms with van der Waals surface area (Å²) >= 11 is 22.8. The van der Waals surface area contributed by atoms with Crippen LogP contribution in [0.4, 0.5) is 11.4 Å². The van der Waals surface area contributed by atoms with Gasteiger partial charge in [0.2, 0.25) is 0 Å². The molecule has 0 saturated heterocycles. The lowest BCUT2D eigenvalue weighted by Crippen LogP contribution is -2.00. The number of fused-ring (bicyclic) bond motifs is 3. The molecule has 0 fully saturated rings. The van der Waals surface area contributed by atoms with E-state index >= 15 is 0 Å². The van der Waals surface area contributed by atoms with Crippen LogP contribution in [0.1, 0.15) is 9.67 Å². The summed E-state index contributed by atoms with van der Waals surface area (Å²) in [5.41, 5.74) is 15.0. The minimum absolute atomic E-state index is 0.101. The molecule has 0 spiro atoms. The minimum atomic E-state index is -0.368. The van der Waals surface area contributed by atoms with Crippen LogP contribution in [0.5, 0.6) is 0 Å². The van der Waals surface area contributed by atoms with Gasteiger partial charge in [-0.25, -0.2) is 4.79 Å². The zero-order chi connectivity index (χ0) is 33.8. The summed E-state index contributed by atoms with van der Waals surface area (Å²) in [5, 5.41) is 11.1. The van der Waals surface area contributed by atoms with Crippen LogP contribution in [0.2, 0.25) is 10.0 Å². The van der Waals surface area contributed by atoms with Gasteiger partial charge in [-0.2, -0.15) is 11.3 Å². The fourth-order valence-electron chi connectivity index (χ4n) is 3.47. The monoisotopic (exact) mass is 823 g/mol. The van der Waals surface area contributed by atoms with E-state index in [1.165, 1.54) is 29.8 Å². The topological polar surface area (TPSA) is 137 Å². The maximum absolute atomic E-state index is 11.0. The van der Waals surface area contributed by atoms with Crippen molar-refractivity contribution in [3.8, 4) is 0 Å². The number of carbonyl (C=O) groups is 1. The van der Waals surface area contributed by atoms with Crippen LogP contribution in [0.15, 0.2) is 103 Å². The number of anilines is 2. The molecule has 8 nitrogen and oxygen atoms in total. The van der Waals surface area contributed by atoms with E-state index in [0.717, 1.165) is 50.2 Å². The Labute approximate surface area is 307 Å². The van der Waals surface area contributed by atoms with Gasteiger partial charge in [-0.05, 0) is 79.9 Å². The number of hydrogen-bond acceptors (Lipinski definition) is 12. The fraction of sp³-hybridized carbons (Fsp3) is 0.0323. The molecule has 242 valence electrons. The zero-order valence-electron chi connectivity index (χ0n) is 24.2. The van der Waals surface area contributed by atoms with Crippen LogP contribution in [0, 0.1) is 0 Å². The minimum Gasteiger partial charge on any atom is -0.465 e. The van der Waals surface area contributed by atoms with Gasteiger partial charge >= 0.3 is 5.97 Å². The third kappa shape index (κ3) is 10.6. The number of hydrogen-bond donors (Lipinski definition) is 3. The maximum Gasteiger partial charge on any atom is 0.350 e. The number of aromatic amines is 1. The van der Waals surface area contributed by atoms with Gasteiger partial charge in [-0.1, -0.05) is 23.2 Å². The van der Waals surface area contributed by atoms with Crippen molar-refractivity contribution in [3.63, 3.8) is 0 Å². The first-order chi connectivity index (χ1) is 22.7. The van der Waals surface area contributed by atoms with Crippen molar-refractivity contribution in [3.05, 3.63) is 123 Å². The first-order valence-electron chi connectivity index (χ1n) is 13.1. The van der Waals surface area contributed by atoms with Gasteiger partial charge in [0.15, 0.2) is 5.43 Å². The van der Waals surface area contributed by atoms with Gasteiger partial charge in [-0.15, -0.1) is 45.3 Å². The first kappa shape index (κ1) is 36.5. The second kappa shape index (κ2) is 18.3. The molecule has 0 bridgehead atoms. The summed E-state index contributed by atoms with van der Waals surface area (Å²) in [6, 6.07) is 14.5. The Morgan fingerprint density at radius 2 is 1.53 bits per heavy atom. The molecule has 47 heavy (non-hydrogen) atoms. The third-order valence-corrected chi connectivity index (χ3v) is 11.6. The summed E-state index contributed by atoms with van der Waals surface area (Å²) in [6.07, 6.45) is 5.10. The number of methoxy groups -OCH3 is 1. The Bertz CT molecular complexity index is 2230. The zero-order valence-corrected chi connectivity index (χ0v) is 31.4. The number of rotatable bonds is 1. The quantitative estimate of drug-likeness (QED) is 0.140. The summed E-state index contributed by atoms with van der Waals surface area (Å²) in [4.78, 5) is 33.6. The lowest BCUT2D eigenvalue weighted by atomic mass is 10.4. The first-order valence-corrected chi connectivity index (χ1v) is 19.0. The molecule has 0 radical (unpaired) electrons. The second-order valence-corrected chi connectivity index (χ2v) is 15.5. The van der Waals surface area contributed by atoms with Crippen LogP contribution in [0.3, 0.4) is 0 Å². The molecule has 16 heteroatoms. The van der Waals surface area contributed by atoms with Crippen molar-refractivity contribution < 1.29 is 9.53 Å². The summed E-state index contributed by atoms with van der Waals surface area (Å²) < 4.78 is 8.45. The van der Waals surface area contributed by atoms with Gasteiger partial charge in [-0.3, -0.25) is 14.8 Å². The Balaban J connectivity index is 0.000000134. The van der Waals surface area contributed by atoms with Crippen LogP contribution >= 0.6 is 95.8 Å². The van der Waals surface area contributed by atoms with Crippen LogP contribution in [-0.4, -0.2) is 28.0 Å². The largest absolute Gasteiger partial charge is 0.465 e. The number of thiophene rings is 5. The number of nitrogens with zero attached hydrogens (tertiary/aromatic N) is 2. The highest BCUT2D eigenvalue weighted by Gasteiger charge is 2.09. The van der Waals surface area contributed by atoms with Crippen molar-refractivity contribution in [1.29, 1.82) is 0 Å². The standard InChI is InChI=1S/C7H3BrClNS.C7H4ClNS.C7H5NOS.C6H7NO2S.C4H5NS/c8-6-3-5-7(11-6)4(9)1-2-10-5;8-5-1-3-9-6-2-4-10-7(5)6;9-6-1-3-8-5-2-4-10-7(5)6;1-9-6(8)5-4(7)2-3-10-5;5-4-1-2-6-3-4/h1-3H;1-4H;1-4H,(H,8,9);2-3H,7H2,1H3;1-3H,5H2. The average molecular weight is 826 g/mol. The summed E-state index contributed by atoms with van der Waals surface area (Å²) in [7, 11) is 1.33. The lowest BCUT2D eigenvalue weighted by molar-refractivity contribution is 0.0607. The number of nitrogen functional groups attached to an aromatic ring is 2. The van der Waals surface area contributed by atoms with Crippen molar-refractivity contribution in [2.75, 3.05) is 18.6 Å².